The Morgan fingerprint density at radius 1 is 1.42 bits per heavy atom. The molecule has 0 saturated carbocycles. The van der Waals surface area contributed by atoms with Crippen molar-refractivity contribution >= 4 is 11.6 Å². The van der Waals surface area contributed by atoms with Crippen molar-refractivity contribution in [1.29, 1.82) is 5.26 Å². The molecule has 0 fully saturated rings. The summed E-state index contributed by atoms with van der Waals surface area (Å²) in [4.78, 5) is 0. The van der Waals surface area contributed by atoms with Gasteiger partial charge in [0.25, 0.3) is 0 Å². The second kappa shape index (κ2) is 3.60. The number of nitriles is 1. The topological polar surface area (TPSA) is 23.8 Å². The number of halogens is 1. The second-order valence-corrected chi connectivity index (χ2v) is 3.21. The van der Waals surface area contributed by atoms with E-state index in [0.717, 1.165) is 11.5 Å². The Labute approximate surface area is 77.6 Å². The summed E-state index contributed by atoms with van der Waals surface area (Å²) in [6, 6.07) is 7.35. The molecule has 0 bridgehead atoms. The van der Waals surface area contributed by atoms with Crippen LogP contribution in [0.25, 0.3) is 0 Å². The van der Waals surface area contributed by atoms with E-state index in [4.69, 9.17) is 16.9 Å². The van der Waals surface area contributed by atoms with Gasteiger partial charge in [0.05, 0.1) is 11.6 Å². The Kier molecular flexibility index (Phi) is 2.73. The molecule has 61 valence electrons. The SMILES string of the molecule is C[C](C)c1cc(C#N)ccc1Cl. The molecule has 0 unspecified atom stereocenters. The molecule has 0 aliphatic rings. The van der Waals surface area contributed by atoms with Crippen molar-refractivity contribution in [3.8, 4) is 6.07 Å². The van der Waals surface area contributed by atoms with Crippen molar-refractivity contribution in [3.63, 3.8) is 0 Å². The van der Waals surface area contributed by atoms with Crippen LogP contribution in [0.4, 0.5) is 0 Å². The highest BCUT2D eigenvalue weighted by atomic mass is 35.5. The van der Waals surface area contributed by atoms with Gasteiger partial charge in [-0.25, -0.2) is 0 Å². The van der Waals surface area contributed by atoms with E-state index in [0.29, 0.717) is 10.6 Å². The standard InChI is InChI=1S/C10H9ClN/c1-7(2)9-5-8(6-12)3-4-10(9)11/h3-5H,1-2H3. The Hall–Kier alpha value is -1.000. The Balaban J connectivity index is 3.19. The van der Waals surface area contributed by atoms with Gasteiger partial charge >= 0.3 is 0 Å². The lowest BCUT2D eigenvalue weighted by atomic mass is 10.0. The van der Waals surface area contributed by atoms with Crippen molar-refractivity contribution in [1.82, 2.24) is 0 Å². The molecule has 0 atom stereocenters. The highest BCUT2D eigenvalue weighted by Gasteiger charge is 2.05. The van der Waals surface area contributed by atoms with Crippen LogP contribution >= 0.6 is 11.6 Å². The number of nitrogens with zero attached hydrogens (tertiary/aromatic N) is 1. The molecule has 12 heavy (non-hydrogen) atoms. The van der Waals surface area contributed by atoms with Gasteiger partial charge in [-0.15, -0.1) is 0 Å². The molecule has 1 radical (unpaired) electrons. The molecule has 1 rings (SSSR count). The minimum Gasteiger partial charge on any atom is -0.192 e. The number of hydrogen-bond donors (Lipinski definition) is 0. The van der Waals surface area contributed by atoms with Crippen LogP contribution in [0.5, 0.6) is 0 Å². The van der Waals surface area contributed by atoms with Crippen molar-refractivity contribution in [3.05, 3.63) is 40.3 Å². The van der Waals surface area contributed by atoms with Crippen LogP contribution < -0.4 is 0 Å². The fraction of sp³-hybridized carbons (Fsp3) is 0.200. The van der Waals surface area contributed by atoms with Crippen molar-refractivity contribution in [2.75, 3.05) is 0 Å². The molecule has 1 aromatic carbocycles. The molecule has 0 aliphatic heterocycles. The van der Waals surface area contributed by atoms with E-state index < -0.39 is 0 Å². The van der Waals surface area contributed by atoms with E-state index >= 15 is 0 Å². The number of hydrogen-bond acceptors (Lipinski definition) is 1. The van der Waals surface area contributed by atoms with Gasteiger partial charge in [-0.2, -0.15) is 5.26 Å². The summed E-state index contributed by atoms with van der Waals surface area (Å²) in [7, 11) is 0. The predicted molar refractivity (Wildman–Crippen MR) is 49.9 cm³/mol. The average molecular weight is 179 g/mol. The van der Waals surface area contributed by atoms with Crippen LogP contribution in [0, 0.1) is 17.2 Å². The van der Waals surface area contributed by atoms with Crippen LogP contribution in [0.1, 0.15) is 25.0 Å². The van der Waals surface area contributed by atoms with E-state index in [1.807, 2.05) is 13.8 Å². The molecular formula is C10H9ClN. The zero-order chi connectivity index (χ0) is 9.14. The highest BCUT2D eigenvalue weighted by molar-refractivity contribution is 6.31. The lowest BCUT2D eigenvalue weighted by molar-refractivity contribution is 1.15. The Morgan fingerprint density at radius 3 is 2.58 bits per heavy atom. The second-order valence-electron chi connectivity index (χ2n) is 2.81. The van der Waals surface area contributed by atoms with Crippen molar-refractivity contribution < 1.29 is 0 Å². The predicted octanol–water partition coefficient (Wildman–Crippen LogP) is 3.17. The fourth-order valence-corrected chi connectivity index (χ4v) is 1.28. The van der Waals surface area contributed by atoms with Gasteiger partial charge in [0.15, 0.2) is 0 Å². The third kappa shape index (κ3) is 1.78. The van der Waals surface area contributed by atoms with Gasteiger partial charge in [0, 0.05) is 10.9 Å². The molecule has 1 aromatic rings. The summed E-state index contributed by atoms with van der Waals surface area (Å²) in [6.07, 6.45) is 0. The van der Waals surface area contributed by atoms with E-state index in [-0.39, 0.29) is 0 Å². The van der Waals surface area contributed by atoms with Crippen LogP contribution in [0.15, 0.2) is 18.2 Å². The van der Waals surface area contributed by atoms with Gasteiger partial charge in [-0.3, -0.25) is 0 Å². The summed E-state index contributed by atoms with van der Waals surface area (Å²) in [5.74, 6) is 1.12. The van der Waals surface area contributed by atoms with Gasteiger partial charge in [-0.1, -0.05) is 25.4 Å². The van der Waals surface area contributed by atoms with E-state index in [9.17, 15) is 0 Å². The number of benzene rings is 1. The molecular weight excluding hydrogens is 170 g/mol. The average Bonchev–Trinajstić information content (AvgIpc) is 2.05. The molecule has 0 heterocycles. The maximum absolute atomic E-state index is 8.63. The van der Waals surface area contributed by atoms with Crippen LogP contribution in [0.3, 0.4) is 0 Å². The third-order valence-electron chi connectivity index (χ3n) is 1.63. The van der Waals surface area contributed by atoms with E-state index in [1.54, 1.807) is 18.2 Å². The minimum absolute atomic E-state index is 0.649. The highest BCUT2D eigenvalue weighted by Crippen LogP contribution is 2.24. The zero-order valence-corrected chi connectivity index (χ0v) is 7.81. The summed E-state index contributed by atoms with van der Waals surface area (Å²) >= 11 is 5.92. The van der Waals surface area contributed by atoms with Gasteiger partial charge in [0.1, 0.15) is 0 Å². The quantitative estimate of drug-likeness (QED) is 0.648. The first-order chi connectivity index (χ1) is 5.65. The number of rotatable bonds is 1. The van der Waals surface area contributed by atoms with Gasteiger partial charge in [0.2, 0.25) is 0 Å². The molecule has 0 saturated heterocycles. The van der Waals surface area contributed by atoms with Gasteiger partial charge < -0.3 is 0 Å². The first kappa shape index (κ1) is 9.09. The summed E-state index contributed by atoms with van der Waals surface area (Å²) in [5.41, 5.74) is 1.60. The molecule has 0 spiro atoms. The summed E-state index contributed by atoms with van der Waals surface area (Å²) in [6.45, 7) is 3.95. The lowest BCUT2D eigenvalue weighted by Crippen LogP contribution is -1.90. The lowest BCUT2D eigenvalue weighted by Gasteiger charge is -2.06. The molecule has 0 aromatic heterocycles. The molecule has 0 N–H and O–H groups in total. The third-order valence-corrected chi connectivity index (χ3v) is 1.96. The Bertz CT molecular complexity index is 323. The monoisotopic (exact) mass is 178 g/mol. The zero-order valence-electron chi connectivity index (χ0n) is 7.06. The van der Waals surface area contributed by atoms with E-state index in [1.165, 1.54) is 0 Å². The maximum Gasteiger partial charge on any atom is 0.0991 e. The molecule has 1 nitrogen and oxygen atoms in total. The fourth-order valence-electron chi connectivity index (χ4n) is 0.978. The summed E-state index contributed by atoms with van der Waals surface area (Å²) in [5, 5.41) is 9.34. The van der Waals surface area contributed by atoms with Crippen LogP contribution in [0.2, 0.25) is 5.02 Å². The molecule has 0 aliphatic carbocycles. The van der Waals surface area contributed by atoms with Crippen LogP contribution in [-0.4, -0.2) is 0 Å². The van der Waals surface area contributed by atoms with Crippen LogP contribution in [-0.2, 0) is 0 Å². The largest absolute Gasteiger partial charge is 0.192 e. The first-order valence-electron chi connectivity index (χ1n) is 3.65. The normalized spacial score (nSPS) is 9.92. The van der Waals surface area contributed by atoms with E-state index in [2.05, 4.69) is 6.07 Å². The first-order valence-corrected chi connectivity index (χ1v) is 4.03. The van der Waals surface area contributed by atoms with Gasteiger partial charge in [-0.05, 0) is 23.8 Å². The Morgan fingerprint density at radius 2 is 2.08 bits per heavy atom. The minimum atomic E-state index is 0.649. The maximum atomic E-state index is 8.63. The molecule has 2 heteroatoms. The van der Waals surface area contributed by atoms with Crippen molar-refractivity contribution in [2.24, 2.45) is 0 Å². The van der Waals surface area contributed by atoms with Crippen molar-refractivity contribution in [2.45, 2.75) is 13.8 Å². The molecule has 0 amide bonds. The smallest absolute Gasteiger partial charge is 0.0991 e. The summed E-state index contributed by atoms with van der Waals surface area (Å²) < 4.78 is 0.